The molecule has 18 heavy (non-hydrogen) atoms. The van der Waals surface area contributed by atoms with Crippen molar-refractivity contribution in [3.05, 3.63) is 51.2 Å². The molecule has 0 saturated carbocycles. The Balaban J connectivity index is 1.90. The van der Waals surface area contributed by atoms with Gasteiger partial charge in [-0.25, -0.2) is 0 Å². The molecule has 2 aromatic rings. The Morgan fingerprint density at radius 2 is 1.94 bits per heavy atom. The topological polar surface area (TPSA) is 9.23 Å². The van der Waals surface area contributed by atoms with Crippen molar-refractivity contribution < 1.29 is 4.74 Å². The van der Waals surface area contributed by atoms with E-state index in [0.29, 0.717) is 4.83 Å². The SMILES string of the molecule is COc1ccc(CCC(Br)c2ccc(Cl)s2)cc1. The predicted molar refractivity (Wildman–Crippen MR) is 82.3 cm³/mol. The van der Waals surface area contributed by atoms with Crippen LogP contribution in [0.25, 0.3) is 0 Å². The molecule has 96 valence electrons. The van der Waals surface area contributed by atoms with Crippen molar-refractivity contribution in [1.82, 2.24) is 0 Å². The molecule has 2 rings (SSSR count). The molecule has 1 nitrogen and oxygen atoms in total. The molecule has 0 amide bonds. The van der Waals surface area contributed by atoms with E-state index in [9.17, 15) is 0 Å². The number of hydrogen-bond donors (Lipinski definition) is 0. The van der Waals surface area contributed by atoms with Gasteiger partial charge < -0.3 is 4.74 Å². The lowest BCUT2D eigenvalue weighted by Crippen LogP contribution is -1.91. The standard InChI is InChI=1S/C14H14BrClOS/c1-17-11-5-2-10(3-6-11)4-7-12(15)13-8-9-14(16)18-13/h2-3,5-6,8-9,12H,4,7H2,1H3. The Morgan fingerprint density at radius 1 is 1.22 bits per heavy atom. The molecule has 4 heteroatoms. The fourth-order valence-electron chi connectivity index (χ4n) is 1.72. The highest BCUT2D eigenvalue weighted by Crippen LogP contribution is 2.35. The minimum Gasteiger partial charge on any atom is -0.497 e. The molecular weight excluding hydrogens is 332 g/mol. The molecule has 0 aliphatic heterocycles. The van der Waals surface area contributed by atoms with Crippen LogP contribution in [0.3, 0.4) is 0 Å². The van der Waals surface area contributed by atoms with Crippen LogP contribution in [0, 0.1) is 0 Å². The van der Waals surface area contributed by atoms with Gasteiger partial charge in [0.15, 0.2) is 0 Å². The maximum Gasteiger partial charge on any atom is 0.118 e. The normalized spacial score (nSPS) is 12.4. The highest BCUT2D eigenvalue weighted by Gasteiger charge is 2.10. The summed E-state index contributed by atoms with van der Waals surface area (Å²) in [5, 5.41) is 0. The summed E-state index contributed by atoms with van der Waals surface area (Å²) >= 11 is 11.3. The van der Waals surface area contributed by atoms with Crippen LogP contribution >= 0.6 is 38.9 Å². The first-order chi connectivity index (χ1) is 8.69. The molecule has 0 aliphatic rings. The summed E-state index contributed by atoms with van der Waals surface area (Å²) in [5.74, 6) is 0.902. The van der Waals surface area contributed by atoms with Gasteiger partial charge in [0.05, 0.1) is 11.4 Å². The molecule has 0 radical (unpaired) electrons. The van der Waals surface area contributed by atoms with E-state index in [4.69, 9.17) is 16.3 Å². The molecular formula is C14H14BrClOS. The van der Waals surface area contributed by atoms with Gasteiger partial charge in [0.1, 0.15) is 5.75 Å². The van der Waals surface area contributed by atoms with E-state index in [-0.39, 0.29) is 0 Å². The molecule has 1 aromatic carbocycles. The van der Waals surface area contributed by atoms with Crippen molar-refractivity contribution in [3.63, 3.8) is 0 Å². The molecule has 1 heterocycles. The van der Waals surface area contributed by atoms with Gasteiger partial charge in [0, 0.05) is 9.70 Å². The molecule has 1 aromatic heterocycles. The van der Waals surface area contributed by atoms with Gasteiger partial charge >= 0.3 is 0 Å². The second kappa shape index (κ2) is 6.60. The fraction of sp³-hybridized carbons (Fsp3) is 0.286. The lowest BCUT2D eigenvalue weighted by atomic mass is 10.1. The predicted octanol–water partition coefficient (Wildman–Crippen LogP) is 5.48. The summed E-state index contributed by atoms with van der Waals surface area (Å²) in [6.45, 7) is 0. The first-order valence-electron chi connectivity index (χ1n) is 5.71. The summed E-state index contributed by atoms with van der Waals surface area (Å²) in [7, 11) is 1.68. The van der Waals surface area contributed by atoms with Gasteiger partial charge in [-0.05, 0) is 42.7 Å². The van der Waals surface area contributed by atoms with Crippen molar-refractivity contribution in [2.75, 3.05) is 7.11 Å². The van der Waals surface area contributed by atoms with Crippen molar-refractivity contribution in [2.45, 2.75) is 17.7 Å². The van der Waals surface area contributed by atoms with E-state index >= 15 is 0 Å². The zero-order valence-electron chi connectivity index (χ0n) is 10.0. The number of alkyl halides is 1. The van der Waals surface area contributed by atoms with Crippen LogP contribution in [-0.4, -0.2) is 7.11 Å². The highest BCUT2D eigenvalue weighted by molar-refractivity contribution is 9.09. The maximum atomic E-state index is 5.94. The van der Waals surface area contributed by atoms with Crippen molar-refractivity contribution in [2.24, 2.45) is 0 Å². The molecule has 0 aliphatic carbocycles. The minimum atomic E-state index is 0.372. The van der Waals surface area contributed by atoms with Crippen LogP contribution in [0.5, 0.6) is 5.75 Å². The van der Waals surface area contributed by atoms with Crippen molar-refractivity contribution in [3.8, 4) is 5.75 Å². The van der Waals surface area contributed by atoms with E-state index in [0.717, 1.165) is 22.9 Å². The summed E-state index contributed by atoms with van der Waals surface area (Å²) in [6, 6.07) is 12.3. The number of benzene rings is 1. The number of rotatable bonds is 5. The number of methoxy groups -OCH3 is 1. The van der Waals surface area contributed by atoms with Crippen LogP contribution in [-0.2, 0) is 6.42 Å². The first-order valence-corrected chi connectivity index (χ1v) is 7.82. The van der Waals surface area contributed by atoms with E-state index < -0.39 is 0 Å². The number of ether oxygens (including phenoxy) is 1. The second-order valence-electron chi connectivity index (χ2n) is 4.00. The van der Waals surface area contributed by atoms with Gasteiger partial charge in [0.2, 0.25) is 0 Å². The van der Waals surface area contributed by atoms with Crippen molar-refractivity contribution in [1.29, 1.82) is 0 Å². The smallest absolute Gasteiger partial charge is 0.118 e. The van der Waals surface area contributed by atoms with Gasteiger partial charge in [-0.2, -0.15) is 0 Å². The highest BCUT2D eigenvalue weighted by atomic mass is 79.9. The van der Waals surface area contributed by atoms with Crippen LogP contribution < -0.4 is 4.74 Å². The first kappa shape index (κ1) is 13.9. The fourth-order valence-corrected chi connectivity index (χ4v) is 3.46. The Hall–Kier alpha value is -0.510. The second-order valence-corrected chi connectivity index (χ2v) is 6.85. The zero-order valence-corrected chi connectivity index (χ0v) is 13.2. The molecule has 0 bridgehead atoms. The lowest BCUT2D eigenvalue weighted by Gasteiger charge is -2.08. The maximum absolute atomic E-state index is 5.94. The monoisotopic (exact) mass is 344 g/mol. The number of aryl methyl sites for hydroxylation is 1. The number of thiophene rings is 1. The van der Waals surface area contributed by atoms with Gasteiger partial charge in [-0.15, -0.1) is 11.3 Å². The molecule has 0 N–H and O–H groups in total. The third kappa shape index (κ3) is 3.74. The molecule has 0 saturated heterocycles. The summed E-state index contributed by atoms with van der Waals surface area (Å²) in [4.78, 5) is 1.66. The van der Waals surface area contributed by atoms with Crippen LogP contribution in [0.1, 0.15) is 21.7 Å². The average molecular weight is 346 g/mol. The van der Waals surface area contributed by atoms with E-state index in [2.05, 4.69) is 34.1 Å². The number of halogens is 2. The van der Waals surface area contributed by atoms with Crippen LogP contribution in [0.2, 0.25) is 4.34 Å². The average Bonchev–Trinajstić information content (AvgIpc) is 2.83. The minimum absolute atomic E-state index is 0.372. The Bertz CT molecular complexity index is 495. The van der Waals surface area contributed by atoms with Crippen LogP contribution in [0.4, 0.5) is 0 Å². The van der Waals surface area contributed by atoms with Crippen LogP contribution in [0.15, 0.2) is 36.4 Å². The quantitative estimate of drug-likeness (QED) is 0.652. The third-order valence-corrected chi connectivity index (χ3v) is 5.35. The van der Waals surface area contributed by atoms with Gasteiger partial charge in [-0.3, -0.25) is 0 Å². The molecule has 0 spiro atoms. The Morgan fingerprint density at radius 3 is 2.50 bits per heavy atom. The Labute approximate surface area is 125 Å². The lowest BCUT2D eigenvalue weighted by molar-refractivity contribution is 0.414. The summed E-state index contributed by atoms with van der Waals surface area (Å²) in [5.41, 5.74) is 1.32. The summed E-state index contributed by atoms with van der Waals surface area (Å²) in [6.07, 6.45) is 2.10. The molecule has 0 fully saturated rings. The van der Waals surface area contributed by atoms with Gasteiger partial charge in [0.25, 0.3) is 0 Å². The molecule has 1 atom stereocenters. The zero-order chi connectivity index (χ0) is 13.0. The largest absolute Gasteiger partial charge is 0.497 e. The van der Waals surface area contributed by atoms with Gasteiger partial charge in [-0.1, -0.05) is 39.7 Å². The van der Waals surface area contributed by atoms with E-state index in [1.807, 2.05) is 18.2 Å². The Kier molecular flexibility index (Phi) is 5.10. The van der Waals surface area contributed by atoms with E-state index in [1.54, 1.807) is 18.4 Å². The molecule has 1 unspecified atom stereocenters. The third-order valence-electron chi connectivity index (χ3n) is 2.75. The van der Waals surface area contributed by atoms with Crippen molar-refractivity contribution >= 4 is 38.9 Å². The van der Waals surface area contributed by atoms with E-state index in [1.165, 1.54) is 10.4 Å². The summed E-state index contributed by atoms with van der Waals surface area (Å²) < 4.78 is 5.99. The number of hydrogen-bond acceptors (Lipinski definition) is 2.